The lowest BCUT2D eigenvalue weighted by Gasteiger charge is -2.02. The van der Waals surface area contributed by atoms with Gasteiger partial charge in [-0.15, -0.1) is 5.10 Å². The molecule has 7 heteroatoms. The molecule has 0 aliphatic heterocycles. The van der Waals surface area contributed by atoms with Crippen LogP contribution in [0, 0.1) is 0 Å². The Morgan fingerprint density at radius 1 is 1.07 bits per heavy atom. The van der Waals surface area contributed by atoms with Crippen molar-refractivity contribution < 1.29 is 9.21 Å². The number of aromatic nitrogens is 2. The third kappa shape index (κ3) is 4.62. The molecule has 0 unspecified atom stereocenters. The number of hydrogen-bond donors (Lipinski definition) is 1. The van der Waals surface area contributed by atoms with E-state index >= 15 is 0 Å². The number of carbonyl (C=O) groups excluding carboxylic acids is 1. The van der Waals surface area contributed by atoms with Gasteiger partial charge < -0.3 is 4.42 Å². The highest BCUT2D eigenvalue weighted by Gasteiger charge is 2.10. The van der Waals surface area contributed by atoms with E-state index in [-0.39, 0.29) is 11.6 Å². The molecular weight excluding hydrogens is 388 g/mol. The van der Waals surface area contributed by atoms with Crippen LogP contribution in [0.3, 0.4) is 0 Å². The number of rotatable bonds is 5. The number of carbonyl (C=O) groups is 1. The minimum atomic E-state index is -0.367. The SMILES string of the molecule is O=C(N/N=c1\oc(-c2ccc(Cl)cc2)cn1Cc1ccccc1)c1cccnc1. The van der Waals surface area contributed by atoms with Crippen LogP contribution in [0.5, 0.6) is 0 Å². The predicted octanol–water partition coefficient (Wildman–Crippen LogP) is 4.09. The number of benzene rings is 2. The van der Waals surface area contributed by atoms with Crippen LogP contribution in [-0.4, -0.2) is 15.5 Å². The summed E-state index contributed by atoms with van der Waals surface area (Å²) in [5.41, 5.74) is 5.15. The van der Waals surface area contributed by atoms with Crippen LogP contribution in [0.2, 0.25) is 5.02 Å². The van der Waals surface area contributed by atoms with Crippen molar-refractivity contribution in [2.75, 3.05) is 0 Å². The Balaban J connectivity index is 1.68. The Kier molecular flexibility index (Phi) is 5.54. The first-order valence-corrected chi connectivity index (χ1v) is 9.31. The molecule has 0 fully saturated rings. The minimum Gasteiger partial charge on any atom is -0.422 e. The van der Waals surface area contributed by atoms with Gasteiger partial charge in [0.25, 0.3) is 5.91 Å². The van der Waals surface area contributed by atoms with E-state index in [4.69, 9.17) is 16.0 Å². The van der Waals surface area contributed by atoms with Gasteiger partial charge in [0.2, 0.25) is 0 Å². The van der Waals surface area contributed by atoms with E-state index in [1.165, 1.54) is 6.20 Å². The van der Waals surface area contributed by atoms with Crippen molar-refractivity contribution in [2.45, 2.75) is 6.54 Å². The molecule has 29 heavy (non-hydrogen) atoms. The number of nitrogens with one attached hydrogen (secondary N) is 1. The van der Waals surface area contributed by atoms with Crippen LogP contribution < -0.4 is 11.1 Å². The van der Waals surface area contributed by atoms with Crippen LogP contribution in [0.25, 0.3) is 11.3 Å². The maximum absolute atomic E-state index is 12.3. The summed E-state index contributed by atoms with van der Waals surface area (Å²) in [7, 11) is 0. The van der Waals surface area contributed by atoms with E-state index in [2.05, 4.69) is 15.5 Å². The number of halogens is 1. The largest absolute Gasteiger partial charge is 0.422 e. The average molecular weight is 405 g/mol. The highest BCUT2D eigenvalue weighted by Crippen LogP contribution is 2.20. The molecule has 0 bridgehead atoms. The van der Waals surface area contributed by atoms with Crippen molar-refractivity contribution in [1.29, 1.82) is 0 Å². The summed E-state index contributed by atoms with van der Waals surface area (Å²) in [6, 6.07) is 20.6. The second-order valence-corrected chi connectivity index (χ2v) is 6.73. The van der Waals surface area contributed by atoms with E-state index in [9.17, 15) is 4.79 Å². The van der Waals surface area contributed by atoms with E-state index < -0.39 is 0 Å². The van der Waals surface area contributed by atoms with E-state index in [0.717, 1.165) is 11.1 Å². The molecule has 0 saturated heterocycles. The van der Waals surface area contributed by atoms with Crippen LogP contribution in [0.4, 0.5) is 0 Å². The molecule has 2 aromatic carbocycles. The zero-order chi connectivity index (χ0) is 20.1. The van der Waals surface area contributed by atoms with Crippen molar-refractivity contribution in [3.05, 3.63) is 107 Å². The summed E-state index contributed by atoms with van der Waals surface area (Å²) in [6.07, 6.45) is 4.93. The van der Waals surface area contributed by atoms with Gasteiger partial charge in [-0.1, -0.05) is 41.9 Å². The van der Waals surface area contributed by atoms with Crippen LogP contribution in [0.1, 0.15) is 15.9 Å². The molecule has 0 spiro atoms. The van der Waals surface area contributed by atoms with Gasteiger partial charge in [0.15, 0.2) is 5.76 Å². The number of amides is 1. The molecule has 6 nitrogen and oxygen atoms in total. The Labute approximate surface area is 172 Å². The monoisotopic (exact) mass is 404 g/mol. The minimum absolute atomic E-state index is 0.274. The summed E-state index contributed by atoms with van der Waals surface area (Å²) in [6.45, 7) is 0.541. The van der Waals surface area contributed by atoms with E-state index in [0.29, 0.717) is 22.9 Å². The summed E-state index contributed by atoms with van der Waals surface area (Å²) in [4.78, 5) is 16.2. The van der Waals surface area contributed by atoms with E-state index in [1.54, 1.807) is 30.5 Å². The Bertz CT molecular complexity index is 1170. The first-order chi connectivity index (χ1) is 14.2. The molecule has 4 aromatic rings. The topological polar surface area (TPSA) is 72.4 Å². The quantitative estimate of drug-likeness (QED) is 0.509. The zero-order valence-electron chi connectivity index (χ0n) is 15.3. The zero-order valence-corrected chi connectivity index (χ0v) is 16.1. The first kappa shape index (κ1) is 18.7. The van der Waals surface area contributed by atoms with Crippen molar-refractivity contribution in [1.82, 2.24) is 15.0 Å². The van der Waals surface area contributed by atoms with Crippen LogP contribution >= 0.6 is 11.6 Å². The molecule has 0 aliphatic rings. The number of oxazole rings is 1. The molecule has 0 radical (unpaired) electrons. The Morgan fingerprint density at radius 2 is 1.86 bits per heavy atom. The molecule has 1 N–H and O–H groups in total. The molecule has 4 rings (SSSR count). The smallest absolute Gasteiger partial charge is 0.319 e. The van der Waals surface area contributed by atoms with E-state index in [1.807, 2.05) is 53.2 Å². The normalized spacial score (nSPS) is 11.4. The first-order valence-electron chi connectivity index (χ1n) is 8.93. The summed E-state index contributed by atoms with van der Waals surface area (Å²) < 4.78 is 7.76. The Hall–Kier alpha value is -3.64. The number of nitrogens with zero attached hydrogens (tertiary/aromatic N) is 3. The molecule has 2 aromatic heterocycles. The average Bonchev–Trinajstić information content (AvgIpc) is 3.16. The van der Waals surface area contributed by atoms with Gasteiger partial charge in [0.05, 0.1) is 18.3 Å². The highest BCUT2D eigenvalue weighted by molar-refractivity contribution is 6.30. The maximum atomic E-state index is 12.3. The molecule has 0 aliphatic carbocycles. The molecule has 144 valence electrons. The standard InChI is InChI=1S/C22H17ClN4O2/c23-19-10-8-17(9-11-19)20-15-27(14-16-5-2-1-3-6-16)22(29-20)26-25-21(28)18-7-4-12-24-13-18/h1-13,15H,14H2,(H,25,28)/b26-22-. The van der Waals surface area contributed by atoms with Crippen molar-refractivity contribution in [2.24, 2.45) is 5.10 Å². The predicted molar refractivity (Wildman–Crippen MR) is 110 cm³/mol. The van der Waals surface area contributed by atoms with Crippen molar-refractivity contribution in [3.63, 3.8) is 0 Å². The fourth-order valence-electron chi connectivity index (χ4n) is 2.77. The maximum Gasteiger partial charge on any atom is 0.319 e. The second kappa shape index (κ2) is 8.58. The van der Waals surface area contributed by atoms with Gasteiger partial charge in [0.1, 0.15) is 0 Å². The summed E-state index contributed by atoms with van der Waals surface area (Å²) in [5.74, 6) is 0.251. The van der Waals surface area contributed by atoms with Gasteiger partial charge in [-0.3, -0.25) is 14.3 Å². The van der Waals surface area contributed by atoms with Gasteiger partial charge in [-0.05, 0) is 42.0 Å². The number of pyridine rings is 1. The fraction of sp³-hybridized carbons (Fsp3) is 0.0455. The molecule has 0 atom stereocenters. The highest BCUT2D eigenvalue weighted by atomic mass is 35.5. The van der Waals surface area contributed by atoms with Gasteiger partial charge in [-0.25, -0.2) is 5.43 Å². The van der Waals surface area contributed by atoms with Crippen molar-refractivity contribution >= 4 is 17.5 Å². The lowest BCUT2D eigenvalue weighted by atomic mass is 10.2. The van der Waals surface area contributed by atoms with Crippen molar-refractivity contribution in [3.8, 4) is 11.3 Å². The lowest BCUT2D eigenvalue weighted by molar-refractivity contribution is 0.0950. The van der Waals surface area contributed by atoms with Gasteiger partial charge >= 0.3 is 5.68 Å². The third-order valence-corrected chi connectivity index (χ3v) is 4.47. The Morgan fingerprint density at radius 3 is 2.59 bits per heavy atom. The molecular formula is C22H17ClN4O2. The summed E-state index contributed by atoms with van der Waals surface area (Å²) >= 11 is 5.98. The number of hydrogen-bond acceptors (Lipinski definition) is 4. The summed E-state index contributed by atoms with van der Waals surface area (Å²) in [5, 5.41) is 4.83. The van der Waals surface area contributed by atoms with Gasteiger partial charge in [-0.2, -0.15) is 0 Å². The van der Waals surface area contributed by atoms with Gasteiger partial charge in [0, 0.05) is 23.0 Å². The fourth-order valence-corrected chi connectivity index (χ4v) is 2.89. The van der Waals surface area contributed by atoms with Crippen LogP contribution in [-0.2, 0) is 6.54 Å². The lowest BCUT2D eigenvalue weighted by Crippen LogP contribution is -2.25. The molecule has 0 saturated carbocycles. The molecule has 2 heterocycles. The molecule has 1 amide bonds. The second-order valence-electron chi connectivity index (χ2n) is 6.29. The van der Waals surface area contributed by atoms with Crippen LogP contribution in [0.15, 0.2) is 94.8 Å². The third-order valence-electron chi connectivity index (χ3n) is 4.22.